The minimum Gasteiger partial charge on any atom is -0.484 e. The molecule has 2 aromatic heterocycles. The molecule has 0 spiro atoms. The van der Waals surface area contributed by atoms with E-state index in [9.17, 15) is 4.79 Å². The van der Waals surface area contributed by atoms with Crippen molar-refractivity contribution in [3.63, 3.8) is 0 Å². The summed E-state index contributed by atoms with van der Waals surface area (Å²) in [5.41, 5.74) is 3.80. The Morgan fingerprint density at radius 1 is 0.975 bits per heavy atom. The summed E-state index contributed by atoms with van der Waals surface area (Å²) in [5.74, 6) is 0.445. The van der Waals surface area contributed by atoms with Crippen molar-refractivity contribution in [3.8, 4) is 5.75 Å². The molecule has 0 unspecified atom stereocenters. The van der Waals surface area contributed by atoms with E-state index in [0.717, 1.165) is 11.4 Å². The molecule has 6 rings (SSSR count). The van der Waals surface area contributed by atoms with Gasteiger partial charge in [0.05, 0.1) is 17.8 Å². The average molecular weight is 552 g/mol. The third-order valence-electron chi connectivity index (χ3n) is 7.72. The molecular weight excluding hydrogens is 518 g/mol. The zero-order valence-electron chi connectivity index (χ0n) is 22.3. The molecule has 8 heteroatoms. The van der Waals surface area contributed by atoms with Crippen LogP contribution < -0.4 is 20.3 Å². The van der Waals surface area contributed by atoms with Gasteiger partial charge in [0.1, 0.15) is 5.75 Å². The number of ether oxygens (including phenoxy) is 1. The molecule has 1 saturated heterocycles. The molecule has 204 valence electrons. The fraction of sp³-hybridized carbons (Fsp3) is 0.281. The Morgan fingerprint density at radius 2 is 1.75 bits per heavy atom. The van der Waals surface area contributed by atoms with Gasteiger partial charge in [-0.05, 0) is 85.2 Å². The van der Waals surface area contributed by atoms with Crippen LogP contribution in [0.4, 0.5) is 11.4 Å². The zero-order valence-corrected chi connectivity index (χ0v) is 23.1. The third kappa shape index (κ3) is 5.72. The van der Waals surface area contributed by atoms with Crippen LogP contribution in [0.2, 0.25) is 0 Å². The van der Waals surface area contributed by atoms with Gasteiger partial charge in [-0.25, -0.2) is 0 Å². The van der Waals surface area contributed by atoms with Gasteiger partial charge >= 0.3 is 0 Å². The van der Waals surface area contributed by atoms with E-state index in [1.807, 2.05) is 79.0 Å². The van der Waals surface area contributed by atoms with Gasteiger partial charge in [0.2, 0.25) is 0 Å². The minimum absolute atomic E-state index is 0.0578. The van der Waals surface area contributed by atoms with Crippen molar-refractivity contribution < 1.29 is 9.53 Å². The number of para-hydroxylation sites is 1. The predicted molar refractivity (Wildman–Crippen MR) is 161 cm³/mol. The molecule has 40 heavy (non-hydrogen) atoms. The monoisotopic (exact) mass is 551 g/mol. The van der Waals surface area contributed by atoms with Gasteiger partial charge in [-0.3, -0.25) is 9.78 Å². The van der Waals surface area contributed by atoms with Gasteiger partial charge in [0.25, 0.3) is 5.91 Å². The highest BCUT2D eigenvalue weighted by Crippen LogP contribution is 2.42. The number of nitrogens with zero attached hydrogens (tertiary/aromatic N) is 3. The van der Waals surface area contributed by atoms with Gasteiger partial charge in [0.15, 0.2) is 11.7 Å². The van der Waals surface area contributed by atoms with E-state index in [1.54, 1.807) is 0 Å². The number of hydrogen-bond donors (Lipinski definition) is 2. The van der Waals surface area contributed by atoms with Crippen LogP contribution in [0.15, 0.2) is 97.5 Å². The number of thiocarbonyl (C=S) groups is 1. The molecule has 2 aromatic carbocycles. The number of rotatable bonds is 8. The van der Waals surface area contributed by atoms with E-state index in [0.29, 0.717) is 22.6 Å². The van der Waals surface area contributed by atoms with Crippen LogP contribution in [0.5, 0.6) is 5.75 Å². The molecule has 1 aliphatic carbocycles. The van der Waals surface area contributed by atoms with Gasteiger partial charge < -0.3 is 24.8 Å². The first-order valence-corrected chi connectivity index (χ1v) is 14.3. The number of carbonyl (C=O) groups excluding carboxylic acids is 1. The Bertz CT molecular complexity index is 1440. The van der Waals surface area contributed by atoms with Gasteiger partial charge in [-0.1, -0.05) is 43.5 Å². The van der Waals surface area contributed by atoms with E-state index in [-0.39, 0.29) is 24.6 Å². The summed E-state index contributed by atoms with van der Waals surface area (Å²) in [6.07, 6.45) is 12.7. The van der Waals surface area contributed by atoms with E-state index in [2.05, 4.69) is 43.5 Å². The largest absolute Gasteiger partial charge is 0.484 e. The van der Waals surface area contributed by atoms with Crippen molar-refractivity contribution in [1.82, 2.24) is 14.9 Å². The van der Waals surface area contributed by atoms with Gasteiger partial charge in [0, 0.05) is 36.0 Å². The van der Waals surface area contributed by atoms with Crippen LogP contribution in [0.1, 0.15) is 61.5 Å². The molecule has 2 N–H and O–H groups in total. The highest BCUT2D eigenvalue weighted by molar-refractivity contribution is 7.80. The summed E-state index contributed by atoms with van der Waals surface area (Å²) >= 11 is 5.89. The lowest BCUT2D eigenvalue weighted by molar-refractivity contribution is -0.118. The van der Waals surface area contributed by atoms with Crippen LogP contribution >= 0.6 is 12.2 Å². The first-order chi connectivity index (χ1) is 19.7. The summed E-state index contributed by atoms with van der Waals surface area (Å²) in [6, 6.07) is 25.7. The molecule has 0 bridgehead atoms. The Balaban J connectivity index is 1.22. The van der Waals surface area contributed by atoms with Crippen molar-refractivity contribution in [2.75, 3.05) is 16.8 Å². The molecule has 1 amide bonds. The minimum atomic E-state index is -0.216. The SMILES string of the molecule is O=C(COc1ccccc1)Nc1ccc(N2C(=S)N[C@H](c3ccccn3)[C@H]2c2ccn(C3CCCCC3)c2)cc1. The molecule has 1 saturated carbocycles. The predicted octanol–water partition coefficient (Wildman–Crippen LogP) is 6.58. The average Bonchev–Trinajstić information content (AvgIpc) is 3.63. The number of hydrogen-bond acceptors (Lipinski definition) is 4. The summed E-state index contributed by atoms with van der Waals surface area (Å²) in [6.45, 7) is -0.0578. The lowest BCUT2D eigenvalue weighted by Crippen LogP contribution is -2.29. The number of pyridine rings is 1. The Morgan fingerprint density at radius 3 is 2.50 bits per heavy atom. The highest BCUT2D eigenvalue weighted by atomic mass is 32.1. The van der Waals surface area contributed by atoms with E-state index in [4.69, 9.17) is 17.0 Å². The molecule has 3 heterocycles. The van der Waals surface area contributed by atoms with Crippen molar-refractivity contribution in [1.29, 1.82) is 0 Å². The molecule has 0 radical (unpaired) electrons. The Kier molecular flexibility index (Phi) is 7.77. The molecule has 2 aliphatic rings. The fourth-order valence-corrected chi connectivity index (χ4v) is 6.10. The highest BCUT2D eigenvalue weighted by Gasteiger charge is 2.41. The summed E-state index contributed by atoms with van der Waals surface area (Å²) in [7, 11) is 0. The quantitative estimate of drug-likeness (QED) is 0.241. The lowest BCUT2D eigenvalue weighted by atomic mass is 9.95. The lowest BCUT2D eigenvalue weighted by Gasteiger charge is -2.28. The Hall–Kier alpha value is -4.17. The van der Waals surface area contributed by atoms with Crippen LogP contribution in [0.3, 0.4) is 0 Å². The number of anilines is 2. The standard InChI is InChI=1S/C32H33N5O2S/c38-29(22-39-27-11-5-2-6-12-27)34-24-14-16-26(17-15-24)37-31(30(35-32(37)40)28-13-7-8-19-33-28)23-18-20-36(21-23)25-9-3-1-4-10-25/h2,5-8,11-21,25,30-31H,1,3-4,9-10,22H2,(H,34,38)(H,35,40)/t30-,31-/m1/s1. The maximum absolute atomic E-state index is 12.5. The number of carbonyl (C=O) groups is 1. The van der Waals surface area contributed by atoms with Gasteiger partial charge in [-0.2, -0.15) is 0 Å². The van der Waals surface area contributed by atoms with E-state index >= 15 is 0 Å². The zero-order chi connectivity index (χ0) is 27.3. The fourth-order valence-electron chi connectivity index (χ4n) is 5.75. The van der Waals surface area contributed by atoms with Crippen LogP contribution in [0, 0.1) is 0 Å². The number of aromatic nitrogens is 2. The number of benzene rings is 2. The molecular formula is C32H33N5O2S. The third-order valence-corrected chi connectivity index (χ3v) is 8.03. The number of nitrogens with one attached hydrogen (secondary N) is 2. The molecule has 2 atom stereocenters. The van der Waals surface area contributed by atoms with E-state index < -0.39 is 0 Å². The van der Waals surface area contributed by atoms with Crippen molar-refractivity contribution >= 4 is 34.6 Å². The maximum atomic E-state index is 12.5. The van der Waals surface area contributed by atoms with Crippen molar-refractivity contribution in [2.45, 2.75) is 50.2 Å². The first-order valence-electron chi connectivity index (χ1n) is 13.9. The van der Waals surface area contributed by atoms with Crippen LogP contribution in [-0.4, -0.2) is 27.2 Å². The first kappa shape index (κ1) is 26.1. The summed E-state index contributed by atoms with van der Waals surface area (Å²) < 4.78 is 7.96. The van der Waals surface area contributed by atoms with Crippen molar-refractivity contribution in [3.05, 3.63) is 109 Å². The summed E-state index contributed by atoms with van der Waals surface area (Å²) in [4.78, 5) is 19.3. The smallest absolute Gasteiger partial charge is 0.262 e. The molecule has 2 fully saturated rings. The topological polar surface area (TPSA) is 71.4 Å². The second-order valence-electron chi connectivity index (χ2n) is 10.4. The van der Waals surface area contributed by atoms with E-state index in [1.165, 1.54) is 37.7 Å². The normalized spacial score (nSPS) is 19.3. The maximum Gasteiger partial charge on any atom is 0.262 e. The molecule has 7 nitrogen and oxygen atoms in total. The molecule has 4 aromatic rings. The molecule has 1 aliphatic heterocycles. The Labute approximate surface area is 240 Å². The van der Waals surface area contributed by atoms with Crippen molar-refractivity contribution in [2.24, 2.45) is 0 Å². The second-order valence-corrected chi connectivity index (χ2v) is 10.8. The second kappa shape index (κ2) is 11.9. The van der Waals surface area contributed by atoms with Gasteiger partial charge in [-0.15, -0.1) is 0 Å². The van der Waals surface area contributed by atoms with Crippen LogP contribution in [0.25, 0.3) is 0 Å². The summed E-state index contributed by atoms with van der Waals surface area (Å²) in [5, 5.41) is 7.10. The van der Waals surface area contributed by atoms with Crippen LogP contribution in [-0.2, 0) is 4.79 Å². The number of amides is 1.